The van der Waals surface area contributed by atoms with Crippen LogP contribution in [0.4, 0.5) is 5.82 Å². The van der Waals surface area contributed by atoms with E-state index in [9.17, 15) is 4.79 Å². The second kappa shape index (κ2) is 9.60. The van der Waals surface area contributed by atoms with Crippen LogP contribution in [-0.4, -0.2) is 32.9 Å². The Bertz CT molecular complexity index is 1280. The normalized spacial score (nSPS) is 12.0. The van der Waals surface area contributed by atoms with Crippen LogP contribution in [0.15, 0.2) is 65.6 Å². The van der Waals surface area contributed by atoms with Gasteiger partial charge in [0, 0.05) is 18.0 Å². The second-order valence-corrected chi connectivity index (χ2v) is 7.78. The van der Waals surface area contributed by atoms with Crippen LogP contribution in [0.1, 0.15) is 36.5 Å². The number of aromatic nitrogens is 4. The van der Waals surface area contributed by atoms with E-state index in [1.807, 2.05) is 75.4 Å². The van der Waals surface area contributed by atoms with Gasteiger partial charge in [-0.3, -0.25) is 4.79 Å². The van der Waals surface area contributed by atoms with E-state index in [1.54, 1.807) is 6.20 Å². The number of anilines is 1. The molecule has 32 heavy (non-hydrogen) atoms. The van der Waals surface area contributed by atoms with Gasteiger partial charge >= 0.3 is 0 Å². The summed E-state index contributed by atoms with van der Waals surface area (Å²) in [7, 11) is 0. The fourth-order valence-corrected chi connectivity index (χ4v) is 3.59. The Balaban J connectivity index is 1.43. The number of ether oxygens (including phenoxy) is 1. The van der Waals surface area contributed by atoms with Gasteiger partial charge in [-0.15, -0.1) is 0 Å². The van der Waals surface area contributed by atoms with Crippen molar-refractivity contribution in [3.63, 3.8) is 0 Å². The average Bonchev–Trinajstić information content (AvgIpc) is 2.80. The number of hydrogen-bond acceptors (Lipinski definition) is 6. The van der Waals surface area contributed by atoms with E-state index in [2.05, 4.69) is 20.4 Å². The summed E-state index contributed by atoms with van der Waals surface area (Å²) in [5.41, 5.74) is 1.74. The lowest BCUT2D eigenvalue weighted by molar-refractivity contribution is 0.313. The van der Waals surface area contributed by atoms with Gasteiger partial charge in [0.1, 0.15) is 17.4 Å². The monoisotopic (exact) mass is 429 g/mol. The first-order valence-electron chi connectivity index (χ1n) is 10.8. The van der Waals surface area contributed by atoms with Crippen LogP contribution in [0.5, 0.6) is 5.75 Å². The molecule has 0 radical (unpaired) electrons. The van der Waals surface area contributed by atoms with Crippen molar-refractivity contribution in [2.75, 3.05) is 18.5 Å². The molecule has 7 nitrogen and oxygen atoms in total. The molecule has 0 saturated heterocycles. The van der Waals surface area contributed by atoms with Gasteiger partial charge in [0.05, 0.1) is 29.9 Å². The largest absolute Gasteiger partial charge is 0.493 e. The Kier molecular flexibility index (Phi) is 6.44. The van der Waals surface area contributed by atoms with Gasteiger partial charge in [-0.2, -0.15) is 5.10 Å². The molecule has 1 N–H and O–H groups in total. The zero-order valence-electron chi connectivity index (χ0n) is 18.6. The fourth-order valence-electron chi connectivity index (χ4n) is 3.59. The molecule has 0 spiro atoms. The Morgan fingerprint density at radius 2 is 1.84 bits per heavy atom. The Morgan fingerprint density at radius 1 is 1.06 bits per heavy atom. The topological polar surface area (TPSA) is 81.9 Å². The highest BCUT2D eigenvalue weighted by Crippen LogP contribution is 2.19. The minimum absolute atomic E-state index is 0.130. The molecule has 2 aromatic heterocycles. The molecule has 0 fully saturated rings. The number of benzene rings is 2. The number of hydrogen-bond donors (Lipinski definition) is 1. The third-order valence-corrected chi connectivity index (χ3v) is 5.35. The van der Waals surface area contributed by atoms with E-state index < -0.39 is 0 Å². The summed E-state index contributed by atoms with van der Waals surface area (Å²) in [6.45, 7) is 7.13. The highest BCUT2D eigenvalue weighted by atomic mass is 16.5. The summed E-state index contributed by atoms with van der Waals surface area (Å²) in [5, 5.41) is 9.18. The van der Waals surface area contributed by atoms with Crippen molar-refractivity contribution in [3.8, 4) is 5.75 Å². The molecule has 2 heterocycles. The standard InChI is InChI=1S/C25H27N5O2/c1-17-9-4-7-12-23(17)32-14-8-13-26-24-15-22(28-19(3)29-24)18(2)30-25(31)21-11-6-5-10-20(21)16-27-30/h4-7,9-12,15-16,18H,8,13-14H2,1-3H3,(H,26,28,29)/t18-/m1/s1. The molecule has 1 atom stereocenters. The first-order valence-corrected chi connectivity index (χ1v) is 10.8. The van der Waals surface area contributed by atoms with Gasteiger partial charge in [0.2, 0.25) is 0 Å². The molecule has 4 aromatic rings. The Labute approximate surface area is 187 Å². The fraction of sp³-hybridized carbons (Fsp3) is 0.280. The summed E-state index contributed by atoms with van der Waals surface area (Å²) in [4.78, 5) is 22.0. The third-order valence-electron chi connectivity index (χ3n) is 5.35. The Morgan fingerprint density at radius 3 is 2.69 bits per heavy atom. The lowest BCUT2D eigenvalue weighted by atomic mass is 10.2. The quantitative estimate of drug-likeness (QED) is 0.421. The van der Waals surface area contributed by atoms with Crippen molar-refractivity contribution < 1.29 is 4.74 Å². The maximum absolute atomic E-state index is 12.9. The molecule has 0 aliphatic heterocycles. The summed E-state index contributed by atoms with van der Waals surface area (Å²) in [6, 6.07) is 17.0. The summed E-state index contributed by atoms with van der Waals surface area (Å²) < 4.78 is 7.32. The van der Waals surface area contributed by atoms with Crippen molar-refractivity contribution in [3.05, 3.63) is 88.2 Å². The first kappa shape index (κ1) is 21.5. The number of aryl methyl sites for hydroxylation is 2. The van der Waals surface area contributed by atoms with Crippen molar-refractivity contribution in [1.29, 1.82) is 0 Å². The van der Waals surface area contributed by atoms with Crippen molar-refractivity contribution in [2.24, 2.45) is 0 Å². The van der Waals surface area contributed by atoms with Gasteiger partial charge in [0.25, 0.3) is 5.56 Å². The van der Waals surface area contributed by atoms with E-state index >= 15 is 0 Å². The van der Waals surface area contributed by atoms with Gasteiger partial charge < -0.3 is 10.1 Å². The number of para-hydroxylation sites is 1. The van der Waals surface area contributed by atoms with E-state index in [1.165, 1.54) is 4.68 Å². The third kappa shape index (κ3) is 4.77. The highest BCUT2D eigenvalue weighted by Gasteiger charge is 2.16. The molecule has 0 aliphatic carbocycles. The summed E-state index contributed by atoms with van der Waals surface area (Å²) in [5.74, 6) is 2.28. The number of nitrogens with zero attached hydrogens (tertiary/aromatic N) is 4. The maximum atomic E-state index is 12.9. The summed E-state index contributed by atoms with van der Waals surface area (Å²) in [6.07, 6.45) is 2.54. The molecule has 7 heteroatoms. The van der Waals surface area contributed by atoms with Crippen molar-refractivity contribution in [1.82, 2.24) is 19.7 Å². The smallest absolute Gasteiger partial charge is 0.275 e. The van der Waals surface area contributed by atoms with Crippen LogP contribution in [0.25, 0.3) is 10.8 Å². The maximum Gasteiger partial charge on any atom is 0.275 e. The van der Waals surface area contributed by atoms with Crippen LogP contribution in [-0.2, 0) is 0 Å². The molecule has 0 bridgehead atoms. The highest BCUT2D eigenvalue weighted by molar-refractivity contribution is 5.80. The van der Waals surface area contributed by atoms with E-state index in [0.717, 1.165) is 34.6 Å². The van der Waals surface area contributed by atoms with Gasteiger partial charge in [-0.1, -0.05) is 36.4 Å². The number of fused-ring (bicyclic) bond motifs is 1. The predicted octanol–water partition coefficient (Wildman–Crippen LogP) is 4.29. The van der Waals surface area contributed by atoms with Crippen LogP contribution in [0.3, 0.4) is 0 Å². The number of rotatable bonds is 8. The molecular weight excluding hydrogens is 402 g/mol. The van der Waals surface area contributed by atoms with Crippen LogP contribution in [0.2, 0.25) is 0 Å². The molecule has 0 saturated carbocycles. The average molecular weight is 430 g/mol. The lowest BCUT2D eigenvalue weighted by Crippen LogP contribution is -2.27. The molecule has 0 aliphatic rings. The molecule has 2 aromatic carbocycles. The molecule has 0 amide bonds. The van der Waals surface area contributed by atoms with E-state index in [-0.39, 0.29) is 11.6 Å². The van der Waals surface area contributed by atoms with E-state index in [0.29, 0.717) is 24.4 Å². The van der Waals surface area contributed by atoms with Gasteiger partial charge in [-0.25, -0.2) is 14.6 Å². The van der Waals surface area contributed by atoms with Gasteiger partial charge in [-0.05, 0) is 44.9 Å². The molecule has 164 valence electrons. The van der Waals surface area contributed by atoms with Crippen LogP contribution in [0, 0.1) is 13.8 Å². The van der Waals surface area contributed by atoms with Crippen LogP contribution >= 0.6 is 0 Å². The van der Waals surface area contributed by atoms with E-state index in [4.69, 9.17) is 4.74 Å². The number of nitrogens with one attached hydrogen (secondary N) is 1. The van der Waals surface area contributed by atoms with Crippen LogP contribution < -0.4 is 15.6 Å². The minimum Gasteiger partial charge on any atom is -0.493 e. The van der Waals surface area contributed by atoms with Gasteiger partial charge in [0.15, 0.2) is 0 Å². The second-order valence-electron chi connectivity index (χ2n) is 7.78. The molecule has 0 unspecified atom stereocenters. The zero-order valence-corrected chi connectivity index (χ0v) is 18.6. The lowest BCUT2D eigenvalue weighted by Gasteiger charge is -2.16. The first-order chi connectivity index (χ1) is 15.5. The van der Waals surface area contributed by atoms with Crippen molar-refractivity contribution >= 4 is 16.6 Å². The molecule has 4 rings (SSSR count). The van der Waals surface area contributed by atoms with Crippen molar-refractivity contribution in [2.45, 2.75) is 33.2 Å². The minimum atomic E-state index is -0.321. The SMILES string of the molecule is Cc1nc(NCCCOc2ccccc2C)cc([C@@H](C)n2ncc3ccccc3c2=O)n1. The summed E-state index contributed by atoms with van der Waals surface area (Å²) >= 11 is 0. The molecular formula is C25H27N5O2. The predicted molar refractivity (Wildman–Crippen MR) is 126 cm³/mol. The zero-order chi connectivity index (χ0) is 22.5. The Hall–Kier alpha value is -3.74.